The first-order valence-corrected chi connectivity index (χ1v) is 4.08. The number of nitro groups is 1. The smallest absolute Gasteiger partial charge is 0.437 e. The van der Waals surface area contributed by atoms with Crippen LogP contribution in [0.4, 0.5) is 4.79 Å². The Morgan fingerprint density at radius 3 is 2.47 bits per heavy atom. The zero-order valence-electron chi connectivity index (χ0n) is 7.95. The summed E-state index contributed by atoms with van der Waals surface area (Å²) in [5.41, 5.74) is 0.285. The largest absolute Gasteiger partial charge is 0.513 e. The minimum absolute atomic E-state index is 0.285. The quantitative estimate of drug-likeness (QED) is 0.329. The zero-order chi connectivity index (χ0) is 11.3. The molecular weight excluding hydrogens is 202 g/mol. The van der Waals surface area contributed by atoms with Crippen LogP contribution in [0.5, 0.6) is 0 Å². The van der Waals surface area contributed by atoms with E-state index < -0.39 is 17.3 Å². The van der Waals surface area contributed by atoms with Crippen molar-refractivity contribution in [1.29, 1.82) is 0 Å². The van der Waals surface area contributed by atoms with Crippen LogP contribution in [0.1, 0.15) is 11.8 Å². The Balaban J connectivity index is 2.84. The van der Waals surface area contributed by atoms with Gasteiger partial charge in [-0.3, -0.25) is 10.1 Å². The first-order chi connectivity index (χ1) is 7.15. The van der Waals surface area contributed by atoms with Crippen molar-refractivity contribution in [2.24, 2.45) is 0 Å². The second kappa shape index (κ2) is 4.94. The fourth-order valence-corrected chi connectivity index (χ4v) is 0.990. The molecule has 0 heterocycles. The molecule has 80 valence electrons. The number of benzene rings is 1. The van der Waals surface area contributed by atoms with Gasteiger partial charge in [0, 0.05) is 0 Å². The highest BCUT2D eigenvalue weighted by molar-refractivity contribution is 5.59. The van der Waals surface area contributed by atoms with Crippen LogP contribution in [0.25, 0.3) is 0 Å². The fourth-order valence-electron chi connectivity index (χ4n) is 0.990. The minimum atomic E-state index is -1.53. The third kappa shape index (κ3) is 2.94. The van der Waals surface area contributed by atoms with Gasteiger partial charge >= 0.3 is 12.4 Å². The molecule has 0 N–H and O–H groups in total. The number of nitrogens with zero attached hydrogens (tertiary/aromatic N) is 1. The Hall–Kier alpha value is -2.11. The summed E-state index contributed by atoms with van der Waals surface area (Å²) in [5.74, 6) is 0. The summed E-state index contributed by atoms with van der Waals surface area (Å²) in [6.45, 7) is 0. The van der Waals surface area contributed by atoms with Gasteiger partial charge < -0.3 is 9.47 Å². The summed E-state index contributed by atoms with van der Waals surface area (Å²) < 4.78 is 8.67. The topological polar surface area (TPSA) is 78.7 Å². The summed E-state index contributed by atoms with van der Waals surface area (Å²) in [6, 6.07) is 7.93. The van der Waals surface area contributed by atoms with Gasteiger partial charge in [-0.15, -0.1) is 0 Å². The van der Waals surface area contributed by atoms with Crippen LogP contribution in [0.3, 0.4) is 0 Å². The molecular formula is C9H9NO5. The van der Waals surface area contributed by atoms with Gasteiger partial charge in [0.25, 0.3) is 0 Å². The average Bonchev–Trinajstić information content (AvgIpc) is 2.26. The Morgan fingerprint density at radius 1 is 1.40 bits per heavy atom. The number of hydrogen-bond donors (Lipinski definition) is 0. The van der Waals surface area contributed by atoms with E-state index in [9.17, 15) is 14.9 Å². The number of carbonyl (C=O) groups is 1. The second-order valence-corrected chi connectivity index (χ2v) is 2.62. The molecule has 0 amide bonds. The molecule has 0 aliphatic rings. The van der Waals surface area contributed by atoms with Gasteiger partial charge in [-0.25, -0.2) is 4.79 Å². The number of methoxy groups -OCH3 is 1. The van der Waals surface area contributed by atoms with Crippen molar-refractivity contribution in [3.05, 3.63) is 46.0 Å². The first-order valence-electron chi connectivity index (χ1n) is 4.08. The number of rotatable bonds is 3. The van der Waals surface area contributed by atoms with Crippen molar-refractivity contribution in [3.63, 3.8) is 0 Å². The van der Waals surface area contributed by atoms with Gasteiger partial charge in [-0.2, -0.15) is 0 Å². The molecule has 0 saturated heterocycles. The van der Waals surface area contributed by atoms with Gasteiger partial charge in [0.1, 0.15) is 0 Å². The highest BCUT2D eigenvalue weighted by Crippen LogP contribution is 2.17. The molecule has 0 saturated carbocycles. The fraction of sp³-hybridized carbons (Fsp3) is 0.222. The molecule has 1 rings (SSSR count). The van der Waals surface area contributed by atoms with Crippen LogP contribution >= 0.6 is 0 Å². The molecule has 0 bridgehead atoms. The standard InChI is InChI=1S/C9H9NO5/c1-14-9(11)15-8(10(12)13)7-5-3-2-4-6-7/h2-6,8H,1H3. The van der Waals surface area contributed by atoms with Crippen molar-refractivity contribution in [1.82, 2.24) is 0 Å². The van der Waals surface area contributed by atoms with E-state index in [2.05, 4.69) is 9.47 Å². The third-order valence-electron chi connectivity index (χ3n) is 1.65. The van der Waals surface area contributed by atoms with Crippen LogP contribution in [0, 0.1) is 10.1 Å². The minimum Gasteiger partial charge on any atom is -0.437 e. The van der Waals surface area contributed by atoms with Gasteiger partial charge in [-0.1, -0.05) is 18.2 Å². The lowest BCUT2D eigenvalue weighted by Gasteiger charge is -2.08. The van der Waals surface area contributed by atoms with Crippen molar-refractivity contribution in [2.75, 3.05) is 7.11 Å². The van der Waals surface area contributed by atoms with E-state index >= 15 is 0 Å². The molecule has 1 aromatic carbocycles. The molecule has 1 unspecified atom stereocenters. The van der Waals surface area contributed by atoms with Crippen molar-refractivity contribution >= 4 is 6.16 Å². The zero-order valence-corrected chi connectivity index (χ0v) is 7.95. The molecule has 0 fully saturated rings. The van der Waals surface area contributed by atoms with Crippen LogP contribution < -0.4 is 0 Å². The first kappa shape index (κ1) is 11.0. The maximum absolute atomic E-state index is 10.8. The van der Waals surface area contributed by atoms with Crippen LogP contribution in [-0.4, -0.2) is 18.2 Å². The summed E-state index contributed by atoms with van der Waals surface area (Å²) in [7, 11) is 1.09. The Kier molecular flexibility index (Phi) is 3.61. The van der Waals surface area contributed by atoms with Crippen molar-refractivity contribution < 1.29 is 19.2 Å². The van der Waals surface area contributed by atoms with Gasteiger partial charge in [0.2, 0.25) is 0 Å². The van der Waals surface area contributed by atoms with Crippen LogP contribution in [-0.2, 0) is 9.47 Å². The highest BCUT2D eigenvalue weighted by Gasteiger charge is 2.27. The summed E-state index contributed by atoms with van der Waals surface area (Å²) >= 11 is 0. The molecule has 6 nitrogen and oxygen atoms in total. The van der Waals surface area contributed by atoms with E-state index in [-0.39, 0.29) is 5.56 Å². The molecule has 1 aromatic rings. The molecule has 0 aliphatic heterocycles. The molecule has 6 heteroatoms. The van der Waals surface area contributed by atoms with Crippen molar-refractivity contribution in [2.45, 2.75) is 6.23 Å². The lowest BCUT2D eigenvalue weighted by atomic mass is 10.2. The Morgan fingerprint density at radius 2 is 2.00 bits per heavy atom. The number of ether oxygens (including phenoxy) is 2. The maximum atomic E-state index is 10.8. The SMILES string of the molecule is COC(=O)OC(c1ccccc1)[N+](=O)[O-]. The normalized spacial score (nSPS) is 11.5. The molecule has 0 aliphatic carbocycles. The van der Waals surface area contributed by atoms with E-state index in [1.165, 1.54) is 12.1 Å². The Labute approximate surface area is 85.6 Å². The van der Waals surface area contributed by atoms with Crippen LogP contribution in [0.15, 0.2) is 30.3 Å². The molecule has 15 heavy (non-hydrogen) atoms. The lowest BCUT2D eigenvalue weighted by molar-refractivity contribution is -0.576. The molecule has 1 atom stereocenters. The van der Waals surface area contributed by atoms with Crippen molar-refractivity contribution in [3.8, 4) is 0 Å². The predicted octanol–water partition coefficient (Wildman–Crippen LogP) is 1.74. The van der Waals surface area contributed by atoms with Gasteiger partial charge in [0.05, 0.1) is 17.6 Å². The average molecular weight is 211 g/mol. The number of hydrogen-bond acceptors (Lipinski definition) is 5. The molecule has 0 spiro atoms. The lowest BCUT2D eigenvalue weighted by Crippen LogP contribution is -2.18. The molecule has 0 radical (unpaired) electrons. The number of carbonyl (C=O) groups excluding carboxylic acids is 1. The Bertz CT molecular complexity index is 351. The van der Waals surface area contributed by atoms with Crippen LogP contribution in [0.2, 0.25) is 0 Å². The van der Waals surface area contributed by atoms with E-state index in [0.717, 1.165) is 7.11 Å². The van der Waals surface area contributed by atoms with E-state index in [4.69, 9.17) is 0 Å². The predicted molar refractivity (Wildman–Crippen MR) is 49.7 cm³/mol. The molecule has 0 aromatic heterocycles. The van der Waals surface area contributed by atoms with Gasteiger partial charge in [0.15, 0.2) is 0 Å². The van der Waals surface area contributed by atoms with E-state index in [1.807, 2.05) is 0 Å². The summed E-state index contributed by atoms with van der Waals surface area (Å²) in [5, 5.41) is 10.6. The maximum Gasteiger partial charge on any atom is 0.513 e. The summed E-state index contributed by atoms with van der Waals surface area (Å²) in [6.07, 6.45) is -2.61. The highest BCUT2D eigenvalue weighted by atomic mass is 16.8. The second-order valence-electron chi connectivity index (χ2n) is 2.62. The summed E-state index contributed by atoms with van der Waals surface area (Å²) in [4.78, 5) is 20.7. The van der Waals surface area contributed by atoms with Gasteiger partial charge in [-0.05, 0) is 12.1 Å². The monoisotopic (exact) mass is 211 g/mol. The van der Waals surface area contributed by atoms with E-state index in [0.29, 0.717) is 0 Å². The third-order valence-corrected chi connectivity index (χ3v) is 1.65. The van der Waals surface area contributed by atoms with E-state index in [1.54, 1.807) is 18.2 Å².